The van der Waals surface area contributed by atoms with Crippen molar-refractivity contribution in [2.75, 3.05) is 18.0 Å². The zero-order valence-electron chi connectivity index (χ0n) is 13.8. The molecule has 1 unspecified atom stereocenters. The molecule has 1 N–H and O–H groups in total. The first kappa shape index (κ1) is 16.4. The van der Waals surface area contributed by atoms with E-state index in [-0.39, 0.29) is 11.9 Å². The minimum Gasteiger partial charge on any atom is -0.346 e. The number of aromatic nitrogens is 3. The van der Waals surface area contributed by atoms with Gasteiger partial charge in [-0.3, -0.25) is 9.48 Å². The predicted molar refractivity (Wildman–Crippen MR) is 101 cm³/mol. The number of hydrogen-bond acceptors (Lipinski definition) is 5. The van der Waals surface area contributed by atoms with Crippen molar-refractivity contribution in [3.63, 3.8) is 0 Å². The van der Waals surface area contributed by atoms with E-state index < -0.39 is 0 Å². The van der Waals surface area contributed by atoms with Crippen LogP contribution < -0.4 is 10.2 Å². The third kappa shape index (κ3) is 3.21. The second-order valence-electron chi connectivity index (χ2n) is 6.18. The fraction of sp³-hybridized carbons (Fsp3) is 0.353. The van der Waals surface area contributed by atoms with Gasteiger partial charge < -0.3 is 10.2 Å². The number of fused-ring (bicyclic) bond motifs is 1. The molecule has 8 heteroatoms. The Morgan fingerprint density at radius 1 is 1.40 bits per heavy atom. The summed E-state index contributed by atoms with van der Waals surface area (Å²) in [5.41, 5.74) is 1.43. The first-order valence-corrected chi connectivity index (χ1v) is 9.40. The Morgan fingerprint density at radius 2 is 2.28 bits per heavy atom. The molecule has 0 aliphatic carbocycles. The second-order valence-corrected chi connectivity index (χ2v) is 7.60. The van der Waals surface area contributed by atoms with Crippen LogP contribution in [0.1, 0.15) is 23.3 Å². The van der Waals surface area contributed by atoms with Crippen LogP contribution in [0.15, 0.2) is 30.5 Å². The smallest absolute Gasteiger partial charge is 0.269 e. The third-order valence-corrected chi connectivity index (χ3v) is 5.83. The molecule has 1 atom stereocenters. The lowest BCUT2D eigenvalue weighted by molar-refractivity contribution is 0.0923. The number of thiazole rings is 1. The average Bonchev–Trinajstić information content (AvgIpc) is 3.22. The Morgan fingerprint density at radius 3 is 3.04 bits per heavy atom. The second kappa shape index (κ2) is 6.65. The number of amides is 1. The first-order valence-electron chi connectivity index (χ1n) is 8.20. The van der Waals surface area contributed by atoms with Crippen molar-refractivity contribution in [1.82, 2.24) is 20.1 Å². The number of para-hydroxylation sites is 1. The summed E-state index contributed by atoms with van der Waals surface area (Å²) in [6.07, 6.45) is 3.61. The summed E-state index contributed by atoms with van der Waals surface area (Å²) in [7, 11) is 1.77. The average molecular weight is 376 g/mol. The summed E-state index contributed by atoms with van der Waals surface area (Å²) in [6, 6.07) is 7.67. The standard InChI is InChI=1S/C17H18ClN5OS/c1-22-13(7-8-19-22)16(24)20-11-4-3-9-23(10-11)17-21-15-12(18)5-2-6-14(15)25-17/h2,5-8,11H,3-4,9-10H2,1H3,(H,20,24). The highest BCUT2D eigenvalue weighted by atomic mass is 35.5. The van der Waals surface area contributed by atoms with Gasteiger partial charge in [-0.25, -0.2) is 4.98 Å². The molecule has 2 aromatic heterocycles. The molecule has 3 aromatic rings. The Balaban J connectivity index is 1.49. The number of aryl methyl sites for hydroxylation is 1. The third-order valence-electron chi connectivity index (χ3n) is 4.44. The highest BCUT2D eigenvalue weighted by Crippen LogP contribution is 2.33. The van der Waals surface area contributed by atoms with E-state index in [0.29, 0.717) is 10.7 Å². The van der Waals surface area contributed by atoms with Gasteiger partial charge in [-0.15, -0.1) is 0 Å². The Hall–Kier alpha value is -2.12. The molecule has 0 bridgehead atoms. The number of benzene rings is 1. The van der Waals surface area contributed by atoms with Gasteiger partial charge in [0, 0.05) is 32.4 Å². The number of nitrogens with one attached hydrogen (secondary N) is 1. The molecular formula is C17H18ClN5OS. The minimum absolute atomic E-state index is 0.0841. The molecule has 0 saturated carbocycles. The molecule has 3 heterocycles. The predicted octanol–water partition coefficient (Wildman–Crippen LogP) is 3.08. The van der Waals surface area contributed by atoms with Crippen LogP contribution in [0.3, 0.4) is 0 Å². The van der Waals surface area contributed by atoms with Crippen LogP contribution in [-0.4, -0.2) is 39.8 Å². The van der Waals surface area contributed by atoms with Crippen molar-refractivity contribution in [3.05, 3.63) is 41.2 Å². The molecule has 1 aliphatic rings. The Bertz CT molecular complexity index is 921. The zero-order valence-corrected chi connectivity index (χ0v) is 15.3. The van der Waals surface area contributed by atoms with Gasteiger partial charge in [0.05, 0.1) is 9.72 Å². The Kier molecular flexibility index (Phi) is 4.35. The molecule has 0 spiro atoms. The fourth-order valence-corrected chi connectivity index (χ4v) is 4.46. The molecule has 0 radical (unpaired) electrons. The van der Waals surface area contributed by atoms with Crippen LogP contribution in [0.25, 0.3) is 10.2 Å². The lowest BCUT2D eigenvalue weighted by Crippen LogP contribution is -2.48. The number of carbonyl (C=O) groups excluding carboxylic acids is 1. The Labute approximate surface area is 154 Å². The highest BCUT2D eigenvalue weighted by molar-refractivity contribution is 7.22. The summed E-state index contributed by atoms with van der Waals surface area (Å²) in [4.78, 5) is 19.3. The van der Waals surface area contributed by atoms with E-state index in [4.69, 9.17) is 16.6 Å². The number of piperidine rings is 1. The van der Waals surface area contributed by atoms with Gasteiger partial charge in [-0.2, -0.15) is 5.10 Å². The van der Waals surface area contributed by atoms with Gasteiger partial charge in [0.2, 0.25) is 0 Å². The van der Waals surface area contributed by atoms with Crippen molar-refractivity contribution in [2.24, 2.45) is 7.05 Å². The van der Waals surface area contributed by atoms with Gasteiger partial charge in [0.1, 0.15) is 11.2 Å². The van der Waals surface area contributed by atoms with Gasteiger partial charge >= 0.3 is 0 Å². The molecule has 6 nitrogen and oxygen atoms in total. The molecule has 1 aliphatic heterocycles. The van der Waals surface area contributed by atoms with E-state index >= 15 is 0 Å². The number of rotatable bonds is 3. The maximum Gasteiger partial charge on any atom is 0.269 e. The lowest BCUT2D eigenvalue weighted by atomic mass is 10.1. The normalized spacial score (nSPS) is 17.8. The summed E-state index contributed by atoms with van der Waals surface area (Å²) in [6.45, 7) is 1.69. The molecule has 1 aromatic carbocycles. The van der Waals surface area contributed by atoms with Gasteiger partial charge in [0.25, 0.3) is 5.91 Å². The van der Waals surface area contributed by atoms with Crippen molar-refractivity contribution < 1.29 is 4.79 Å². The molecular weight excluding hydrogens is 358 g/mol. The quantitative estimate of drug-likeness (QED) is 0.764. The van der Waals surface area contributed by atoms with E-state index in [1.807, 2.05) is 18.2 Å². The van der Waals surface area contributed by atoms with Gasteiger partial charge in [0.15, 0.2) is 5.13 Å². The SMILES string of the molecule is Cn1nccc1C(=O)NC1CCCN(c2nc3c(Cl)cccc3s2)C1. The van der Waals surface area contributed by atoms with E-state index in [0.717, 1.165) is 41.3 Å². The van der Waals surface area contributed by atoms with Crippen LogP contribution in [0.4, 0.5) is 5.13 Å². The molecule has 4 rings (SSSR count). The molecule has 1 amide bonds. The van der Waals surface area contributed by atoms with Crippen LogP contribution in [0, 0.1) is 0 Å². The summed E-state index contributed by atoms with van der Waals surface area (Å²) in [5, 5.41) is 8.81. The highest BCUT2D eigenvalue weighted by Gasteiger charge is 2.25. The molecule has 130 valence electrons. The van der Waals surface area contributed by atoms with Crippen LogP contribution >= 0.6 is 22.9 Å². The molecule has 1 fully saturated rings. The van der Waals surface area contributed by atoms with E-state index in [9.17, 15) is 4.79 Å². The number of hydrogen-bond donors (Lipinski definition) is 1. The molecule has 1 saturated heterocycles. The number of halogens is 1. The lowest BCUT2D eigenvalue weighted by Gasteiger charge is -2.32. The first-order chi connectivity index (χ1) is 12.1. The number of anilines is 1. The number of nitrogens with zero attached hydrogens (tertiary/aromatic N) is 4. The summed E-state index contributed by atoms with van der Waals surface area (Å²) in [5.74, 6) is -0.0841. The van der Waals surface area contributed by atoms with Gasteiger partial charge in [-0.05, 0) is 31.0 Å². The van der Waals surface area contributed by atoms with E-state index in [1.165, 1.54) is 0 Å². The summed E-state index contributed by atoms with van der Waals surface area (Å²) < 4.78 is 2.68. The van der Waals surface area contributed by atoms with Crippen molar-refractivity contribution in [3.8, 4) is 0 Å². The molecule has 25 heavy (non-hydrogen) atoms. The van der Waals surface area contributed by atoms with E-state index in [2.05, 4.69) is 15.3 Å². The van der Waals surface area contributed by atoms with Crippen LogP contribution in [0.5, 0.6) is 0 Å². The number of carbonyl (C=O) groups is 1. The van der Waals surface area contributed by atoms with E-state index in [1.54, 1.807) is 35.3 Å². The van der Waals surface area contributed by atoms with Crippen LogP contribution in [0.2, 0.25) is 5.02 Å². The minimum atomic E-state index is -0.0841. The van der Waals surface area contributed by atoms with Crippen molar-refractivity contribution in [1.29, 1.82) is 0 Å². The topological polar surface area (TPSA) is 63.1 Å². The van der Waals surface area contributed by atoms with Crippen molar-refractivity contribution in [2.45, 2.75) is 18.9 Å². The van der Waals surface area contributed by atoms with Crippen LogP contribution in [-0.2, 0) is 7.05 Å². The zero-order chi connectivity index (χ0) is 17.4. The maximum absolute atomic E-state index is 12.4. The maximum atomic E-state index is 12.4. The van der Waals surface area contributed by atoms with Crippen molar-refractivity contribution >= 4 is 44.2 Å². The largest absolute Gasteiger partial charge is 0.346 e. The van der Waals surface area contributed by atoms with Gasteiger partial charge in [-0.1, -0.05) is 29.0 Å². The monoisotopic (exact) mass is 375 g/mol. The fourth-order valence-electron chi connectivity index (χ4n) is 3.16. The summed E-state index contributed by atoms with van der Waals surface area (Å²) >= 11 is 7.88.